The summed E-state index contributed by atoms with van der Waals surface area (Å²) in [7, 11) is -0.552. The molecular weight excluding hydrogens is 248 g/mol. The lowest BCUT2D eigenvalue weighted by Crippen LogP contribution is -2.26. The largest absolute Gasteiger partial charge is 0.497 e. The van der Waals surface area contributed by atoms with Gasteiger partial charge < -0.3 is 4.74 Å². The average molecular weight is 268 g/mol. The molecule has 1 aliphatic rings. The van der Waals surface area contributed by atoms with Crippen molar-refractivity contribution in [2.24, 2.45) is 4.36 Å². The van der Waals surface area contributed by atoms with Gasteiger partial charge >= 0.3 is 0 Å². The molecule has 18 heavy (non-hydrogen) atoms. The first-order valence-electron chi connectivity index (χ1n) is 6.18. The highest BCUT2D eigenvalue weighted by molar-refractivity contribution is 7.90. The first-order chi connectivity index (χ1) is 8.62. The van der Waals surface area contributed by atoms with E-state index < -0.39 is 9.92 Å². The van der Waals surface area contributed by atoms with Crippen molar-refractivity contribution in [3.63, 3.8) is 0 Å². The topological polar surface area (TPSA) is 41.9 Å². The second-order valence-corrected chi connectivity index (χ2v) is 6.83. The molecule has 4 nitrogen and oxygen atoms in total. The summed E-state index contributed by atoms with van der Waals surface area (Å²) in [5.74, 6) is 0.829. The molecule has 0 saturated carbocycles. The van der Waals surface area contributed by atoms with Gasteiger partial charge in [-0.3, -0.25) is 0 Å². The van der Waals surface area contributed by atoms with E-state index in [-0.39, 0.29) is 0 Å². The van der Waals surface area contributed by atoms with Gasteiger partial charge in [0.15, 0.2) is 0 Å². The maximum atomic E-state index is 12.4. The molecule has 1 atom stereocenters. The molecule has 0 spiro atoms. The van der Waals surface area contributed by atoms with Gasteiger partial charge in [-0.05, 0) is 30.5 Å². The van der Waals surface area contributed by atoms with E-state index in [9.17, 15) is 4.21 Å². The highest BCUT2D eigenvalue weighted by Crippen LogP contribution is 2.16. The molecular formula is C13H20N2O2S. The van der Waals surface area contributed by atoms with Crippen molar-refractivity contribution in [3.8, 4) is 5.75 Å². The summed E-state index contributed by atoms with van der Waals surface area (Å²) < 4.78 is 23.9. The Morgan fingerprint density at radius 1 is 1.28 bits per heavy atom. The second-order valence-electron chi connectivity index (χ2n) is 4.53. The molecule has 0 aromatic heterocycles. The van der Waals surface area contributed by atoms with Crippen LogP contribution in [0.1, 0.15) is 18.4 Å². The van der Waals surface area contributed by atoms with Crippen molar-refractivity contribution in [2.45, 2.75) is 19.4 Å². The SMILES string of the molecule is COc1ccc(CN=S(C)(=O)N2CCCC2)cc1. The number of ether oxygens (including phenoxy) is 1. The number of benzene rings is 1. The molecule has 1 aromatic rings. The molecule has 100 valence electrons. The fourth-order valence-electron chi connectivity index (χ4n) is 2.03. The zero-order valence-corrected chi connectivity index (χ0v) is 11.8. The van der Waals surface area contributed by atoms with Gasteiger partial charge in [-0.25, -0.2) is 12.9 Å². The van der Waals surface area contributed by atoms with Gasteiger partial charge in [0.05, 0.1) is 13.7 Å². The third kappa shape index (κ3) is 3.23. The normalized spacial score (nSPS) is 19.4. The van der Waals surface area contributed by atoms with Crippen LogP contribution < -0.4 is 4.74 Å². The molecule has 0 aliphatic carbocycles. The quantitative estimate of drug-likeness (QED) is 0.841. The highest BCUT2D eigenvalue weighted by Gasteiger charge is 2.19. The van der Waals surface area contributed by atoms with Crippen molar-refractivity contribution in [2.75, 3.05) is 26.5 Å². The van der Waals surface area contributed by atoms with E-state index in [0.717, 1.165) is 37.2 Å². The predicted molar refractivity (Wildman–Crippen MR) is 74.0 cm³/mol. The number of rotatable bonds is 4. The van der Waals surface area contributed by atoms with Gasteiger partial charge in [-0.2, -0.15) is 0 Å². The zero-order chi connectivity index (χ0) is 13.0. The van der Waals surface area contributed by atoms with Crippen LogP contribution >= 0.6 is 0 Å². The van der Waals surface area contributed by atoms with Crippen LogP contribution in [0.4, 0.5) is 0 Å². The van der Waals surface area contributed by atoms with Crippen molar-refractivity contribution >= 4 is 9.92 Å². The van der Waals surface area contributed by atoms with Gasteiger partial charge in [-0.1, -0.05) is 12.1 Å². The van der Waals surface area contributed by atoms with Crippen LogP contribution in [-0.2, 0) is 16.5 Å². The van der Waals surface area contributed by atoms with Crippen LogP contribution in [0, 0.1) is 0 Å². The van der Waals surface area contributed by atoms with Gasteiger partial charge in [0.25, 0.3) is 0 Å². The summed E-state index contributed by atoms with van der Waals surface area (Å²) >= 11 is 0. The molecule has 1 aromatic carbocycles. The van der Waals surface area contributed by atoms with E-state index >= 15 is 0 Å². The highest BCUT2D eigenvalue weighted by atomic mass is 32.2. The molecule has 0 radical (unpaired) electrons. The van der Waals surface area contributed by atoms with Crippen molar-refractivity contribution in [1.82, 2.24) is 4.31 Å². The van der Waals surface area contributed by atoms with Crippen LogP contribution in [0.15, 0.2) is 28.6 Å². The molecule has 1 fully saturated rings. The van der Waals surface area contributed by atoms with E-state index in [4.69, 9.17) is 4.74 Å². The van der Waals surface area contributed by atoms with E-state index in [1.54, 1.807) is 13.4 Å². The van der Waals surface area contributed by atoms with Crippen LogP contribution in [-0.4, -0.2) is 35.0 Å². The number of hydrogen-bond donors (Lipinski definition) is 0. The third-order valence-corrected chi connectivity index (χ3v) is 5.12. The Balaban J connectivity index is 2.06. The lowest BCUT2D eigenvalue weighted by atomic mass is 10.2. The standard InChI is InChI=1S/C13H20N2O2S/c1-17-13-7-5-12(6-8-13)11-14-18(2,16)15-9-3-4-10-15/h5-8H,3-4,9-11H2,1-2H3. The summed E-state index contributed by atoms with van der Waals surface area (Å²) in [5, 5.41) is 0. The van der Waals surface area contributed by atoms with Crippen LogP contribution in [0.25, 0.3) is 0 Å². The first-order valence-corrected chi connectivity index (χ1v) is 8.06. The average Bonchev–Trinajstić information content (AvgIpc) is 2.92. The van der Waals surface area contributed by atoms with Crippen LogP contribution in [0.5, 0.6) is 5.75 Å². The predicted octanol–water partition coefficient (Wildman–Crippen LogP) is 2.30. The zero-order valence-electron chi connectivity index (χ0n) is 11.0. The van der Waals surface area contributed by atoms with Crippen molar-refractivity contribution < 1.29 is 8.95 Å². The number of nitrogens with zero attached hydrogens (tertiary/aromatic N) is 2. The lowest BCUT2D eigenvalue weighted by molar-refractivity contribution is 0.414. The fourth-order valence-corrected chi connectivity index (χ4v) is 3.52. The third-order valence-electron chi connectivity index (χ3n) is 3.19. The monoisotopic (exact) mass is 268 g/mol. The van der Waals surface area contributed by atoms with Gasteiger partial charge in [-0.15, -0.1) is 0 Å². The van der Waals surface area contributed by atoms with E-state index in [1.165, 1.54) is 0 Å². The Kier molecular flexibility index (Phi) is 4.24. The summed E-state index contributed by atoms with van der Waals surface area (Å²) in [6.07, 6.45) is 3.99. The molecule has 5 heteroatoms. The minimum absolute atomic E-state index is 0.496. The molecule has 1 heterocycles. The lowest BCUT2D eigenvalue weighted by Gasteiger charge is -2.16. The Hall–Kier alpha value is -1.07. The molecule has 0 N–H and O–H groups in total. The second kappa shape index (κ2) is 5.71. The first kappa shape index (κ1) is 13.4. The summed E-state index contributed by atoms with van der Waals surface area (Å²) in [5.41, 5.74) is 1.06. The van der Waals surface area contributed by atoms with E-state index in [1.807, 2.05) is 28.6 Å². The van der Waals surface area contributed by atoms with Gasteiger partial charge in [0.2, 0.25) is 0 Å². The molecule has 0 amide bonds. The Labute approximate surface area is 109 Å². The molecule has 1 unspecified atom stereocenters. The van der Waals surface area contributed by atoms with Crippen molar-refractivity contribution in [1.29, 1.82) is 0 Å². The van der Waals surface area contributed by atoms with E-state index in [0.29, 0.717) is 6.54 Å². The summed E-state index contributed by atoms with van der Waals surface area (Å²) in [4.78, 5) is 0. The Morgan fingerprint density at radius 3 is 2.44 bits per heavy atom. The minimum Gasteiger partial charge on any atom is -0.497 e. The number of methoxy groups -OCH3 is 1. The van der Waals surface area contributed by atoms with Crippen LogP contribution in [0.2, 0.25) is 0 Å². The summed E-state index contributed by atoms with van der Waals surface area (Å²) in [6, 6.07) is 7.72. The smallest absolute Gasteiger partial charge is 0.118 e. The van der Waals surface area contributed by atoms with Crippen LogP contribution in [0.3, 0.4) is 0 Å². The Bertz CT molecular complexity index is 498. The Morgan fingerprint density at radius 2 is 1.89 bits per heavy atom. The van der Waals surface area contributed by atoms with E-state index in [2.05, 4.69) is 4.36 Å². The number of hydrogen-bond acceptors (Lipinski definition) is 3. The van der Waals surface area contributed by atoms with Gasteiger partial charge in [0, 0.05) is 19.3 Å². The van der Waals surface area contributed by atoms with Gasteiger partial charge in [0.1, 0.15) is 15.7 Å². The molecule has 0 bridgehead atoms. The summed E-state index contributed by atoms with van der Waals surface area (Å²) in [6.45, 7) is 2.30. The molecule has 2 rings (SSSR count). The van der Waals surface area contributed by atoms with Crippen molar-refractivity contribution in [3.05, 3.63) is 29.8 Å². The molecule has 1 aliphatic heterocycles. The maximum Gasteiger partial charge on any atom is 0.118 e. The maximum absolute atomic E-state index is 12.4. The molecule has 1 saturated heterocycles. The minimum atomic E-state index is -2.20. The fraction of sp³-hybridized carbons (Fsp3) is 0.538.